The molecule has 0 radical (unpaired) electrons. The quantitative estimate of drug-likeness (QED) is 0.845. The smallest absolute Gasteiger partial charge is 0.326 e. The second-order valence-electron chi connectivity index (χ2n) is 4.92. The van der Waals surface area contributed by atoms with E-state index in [4.69, 9.17) is 0 Å². The number of hydrogen-bond donors (Lipinski definition) is 2. The number of hydrogen-bond acceptors (Lipinski definition) is 3. The lowest BCUT2D eigenvalue weighted by molar-refractivity contribution is -0.142. The summed E-state index contributed by atoms with van der Waals surface area (Å²) in [5.74, 6) is -0.279. The highest BCUT2D eigenvalue weighted by Gasteiger charge is 2.40. The first-order chi connectivity index (χ1) is 9.00. The van der Waals surface area contributed by atoms with Crippen molar-refractivity contribution < 1.29 is 14.7 Å². The number of carboxylic acids is 1. The number of aromatic amines is 1. The van der Waals surface area contributed by atoms with Crippen LogP contribution in [-0.2, 0) is 11.3 Å². The van der Waals surface area contributed by atoms with E-state index in [0.29, 0.717) is 18.9 Å². The van der Waals surface area contributed by atoms with Crippen molar-refractivity contribution in [1.29, 1.82) is 0 Å². The van der Waals surface area contributed by atoms with E-state index in [1.165, 1.54) is 9.80 Å². The van der Waals surface area contributed by atoms with Gasteiger partial charge in [0.05, 0.1) is 6.54 Å². The minimum absolute atomic E-state index is 0.0153. The Morgan fingerprint density at radius 2 is 2.37 bits per heavy atom. The number of rotatable bonds is 3. The third kappa shape index (κ3) is 2.69. The van der Waals surface area contributed by atoms with E-state index >= 15 is 0 Å². The second-order valence-corrected chi connectivity index (χ2v) is 4.92. The van der Waals surface area contributed by atoms with Gasteiger partial charge in [-0.3, -0.25) is 0 Å². The Kier molecular flexibility index (Phi) is 3.73. The fourth-order valence-corrected chi connectivity index (χ4v) is 2.43. The zero-order chi connectivity index (χ0) is 14.0. The number of amides is 2. The van der Waals surface area contributed by atoms with Crippen molar-refractivity contribution in [3.05, 3.63) is 18.2 Å². The predicted octanol–water partition coefficient (Wildman–Crippen LogP) is 0.756. The van der Waals surface area contributed by atoms with Gasteiger partial charge in [-0.15, -0.1) is 0 Å². The normalized spacial score (nSPS) is 22.5. The highest BCUT2D eigenvalue weighted by Crippen LogP contribution is 2.25. The number of imidazole rings is 1. The molecule has 0 spiro atoms. The van der Waals surface area contributed by atoms with E-state index < -0.39 is 12.0 Å². The van der Waals surface area contributed by atoms with Crippen LogP contribution in [-0.4, -0.2) is 56.5 Å². The molecule has 1 aromatic heterocycles. The van der Waals surface area contributed by atoms with Crippen LogP contribution in [0.5, 0.6) is 0 Å². The number of carboxylic acid groups (broad SMARTS) is 1. The van der Waals surface area contributed by atoms with Gasteiger partial charge in [0.25, 0.3) is 0 Å². The highest BCUT2D eigenvalue weighted by molar-refractivity contribution is 5.83. The molecular formula is C12H18N4O3. The van der Waals surface area contributed by atoms with Gasteiger partial charge in [-0.25, -0.2) is 14.6 Å². The van der Waals surface area contributed by atoms with Gasteiger partial charge in [0.15, 0.2) is 0 Å². The average Bonchev–Trinajstić information content (AvgIpc) is 2.97. The molecule has 1 saturated heterocycles. The third-order valence-corrected chi connectivity index (χ3v) is 3.47. The number of carbonyl (C=O) groups excluding carboxylic acids is 1. The maximum atomic E-state index is 12.3. The molecule has 7 heteroatoms. The summed E-state index contributed by atoms with van der Waals surface area (Å²) in [7, 11) is 1.65. The molecule has 1 fully saturated rings. The van der Waals surface area contributed by atoms with Crippen molar-refractivity contribution in [3.8, 4) is 0 Å². The fraction of sp³-hybridized carbons (Fsp3) is 0.583. The Balaban J connectivity index is 2.04. The zero-order valence-electron chi connectivity index (χ0n) is 11.0. The maximum Gasteiger partial charge on any atom is 0.326 e. The van der Waals surface area contributed by atoms with Gasteiger partial charge in [-0.05, 0) is 12.3 Å². The zero-order valence-corrected chi connectivity index (χ0v) is 11.0. The summed E-state index contributed by atoms with van der Waals surface area (Å²) >= 11 is 0. The molecule has 19 heavy (non-hydrogen) atoms. The first kappa shape index (κ1) is 13.4. The Bertz CT molecular complexity index is 460. The van der Waals surface area contributed by atoms with Crippen LogP contribution in [0.2, 0.25) is 0 Å². The topological polar surface area (TPSA) is 89.5 Å². The molecule has 7 nitrogen and oxygen atoms in total. The number of likely N-dealkylation sites (tertiary alicyclic amines) is 1. The minimum atomic E-state index is -0.940. The number of urea groups is 1. The van der Waals surface area contributed by atoms with Gasteiger partial charge in [-0.2, -0.15) is 0 Å². The summed E-state index contributed by atoms with van der Waals surface area (Å²) in [6, 6.07) is -1.00. The molecule has 1 aromatic rings. The van der Waals surface area contributed by atoms with E-state index in [2.05, 4.69) is 9.97 Å². The van der Waals surface area contributed by atoms with Gasteiger partial charge >= 0.3 is 12.0 Å². The van der Waals surface area contributed by atoms with Crippen LogP contribution in [0.3, 0.4) is 0 Å². The standard InChI is InChI=1S/C12H18N4O3/c1-8-3-6-16(10(8)11(17)18)12(19)15(2)7-9-13-4-5-14-9/h4-5,8,10H,3,6-7H2,1-2H3,(H,13,14)(H,17,18). The number of nitrogens with zero attached hydrogens (tertiary/aromatic N) is 3. The van der Waals surface area contributed by atoms with Gasteiger partial charge < -0.3 is 19.9 Å². The van der Waals surface area contributed by atoms with E-state index in [0.717, 1.165) is 6.42 Å². The molecule has 104 valence electrons. The number of aromatic nitrogens is 2. The molecule has 2 amide bonds. The van der Waals surface area contributed by atoms with Crippen LogP contribution in [0.25, 0.3) is 0 Å². The molecular weight excluding hydrogens is 248 g/mol. The molecule has 2 atom stereocenters. The van der Waals surface area contributed by atoms with Crippen LogP contribution in [0.4, 0.5) is 4.79 Å². The predicted molar refractivity (Wildman–Crippen MR) is 67.4 cm³/mol. The van der Waals surface area contributed by atoms with Gasteiger partial charge in [-0.1, -0.05) is 6.92 Å². The van der Waals surface area contributed by atoms with Crippen molar-refractivity contribution >= 4 is 12.0 Å². The molecule has 0 bridgehead atoms. The summed E-state index contributed by atoms with van der Waals surface area (Å²) in [4.78, 5) is 33.4. The van der Waals surface area contributed by atoms with E-state index in [-0.39, 0.29) is 11.9 Å². The van der Waals surface area contributed by atoms with E-state index in [1.54, 1.807) is 19.4 Å². The summed E-state index contributed by atoms with van der Waals surface area (Å²) < 4.78 is 0. The Labute approximate surface area is 111 Å². The molecule has 2 N–H and O–H groups in total. The van der Waals surface area contributed by atoms with Crippen LogP contribution >= 0.6 is 0 Å². The van der Waals surface area contributed by atoms with Crippen LogP contribution in [0.1, 0.15) is 19.2 Å². The maximum absolute atomic E-state index is 12.3. The van der Waals surface area contributed by atoms with E-state index in [1.807, 2.05) is 6.92 Å². The molecule has 2 unspecified atom stereocenters. The summed E-state index contributed by atoms with van der Waals surface area (Å²) in [6.07, 6.45) is 4.02. The number of carbonyl (C=O) groups is 2. The Morgan fingerprint density at radius 1 is 1.63 bits per heavy atom. The third-order valence-electron chi connectivity index (χ3n) is 3.47. The lowest BCUT2D eigenvalue weighted by Gasteiger charge is -2.28. The summed E-state index contributed by atoms with van der Waals surface area (Å²) in [6.45, 7) is 2.68. The van der Waals surface area contributed by atoms with Crippen molar-refractivity contribution in [3.63, 3.8) is 0 Å². The lowest BCUT2D eigenvalue weighted by Crippen LogP contribution is -2.48. The summed E-state index contributed by atoms with van der Waals surface area (Å²) in [5, 5.41) is 9.21. The van der Waals surface area contributed by atoms with Gasteiger partial charge in [0.1, 0.15) is 11.9 Å². The Hall–Kier alpha value is -2.05. The van der Waals surface area contributed by atoms with Crippen molar-refractivity contribution in [2.45, 2.75) is 25.9 Å². The molecule has 0 aliphatic carbocycles. The first-order valence-corrected chi connectivity index (χ1v) is 6.23. The van der Waals surface area contributed by atoms with Crippen LogP contribution in [0, 0.1) is 5.92 Å². The average molecular weight is 266 g/mol. The fourth-order valence-electron chi connectivity index (χ4n) is 2.43. The highest BCUT2D eigenvalue weighted by atomic mass is 16.4. The number of aliphatic carboxylic acids is 1. The monoisotopic (exact) mass is 266 g/mol. The van der Waals surface area contributed by atoms with E-state index in [9.17, 15) is 14.7 Å². The molecule has 0 saturated carbocycles. The van der Waals surface area contributed by atoms with Crippen LogP contribution < -0.4 is 0 Å². The lowest BCUT2D eigenvalue weighted by atomic mass is 10.0. The minimum Gasteiger partial charge on any atom is -0.480 e. The van der Waals surface area contributed by atoms with Crippen molar-refractivity contribution in [1.82, 2.24) is 19.8 Å². The largest absolute Gasteiger partial charge is 0.480 e. The van der Waals surface area contributed by atoms with Gasteiger partial charge in [0.2, 0.25) is 0 Å². The van der Waals surface area contributed by atoms with Crippen molar-refractivity contribution in [2.24, 2.45) is 5.92 Å². The molecule has 0 aromatic carbocycles. The molecule has 2 heterocycles. The molecule has 1 aliphatic heterocycles. The Morgan fingerprint density at radius 3 is 2.95 bits per heavy atom. The number of H-pyrrole nitrogens is 1. The summed E-state index contributed by atoms with van der Waals surface area (Å²) in [5.41, 5.74) is 0. The first-order valence-electron chi connectivity index (χ1n) is 6.23. The van der Waals surface area contributed by atoms with Crippen LogP contribution in [0.15, 0.2) is 12.4 Å². The number of nitrogens with one attached hydrogen (secondary N) is 1. The second kappa shape index (κ2) is 5.29. The molecule has 2 rings (SSSR count). The van der Waals surface area contributed by atoms with Crippen molar-refractivity contribution in [2.75, 3.05) is 13.6 Å². The van der Waals surface area contributed by atoms with Gasteiger partial charge in [0, 0.05) is 26.0 Å². The molecule has 1 aliphatic rings. The SMILES string of the molecule is CC1CCN(C(=O)N(C)Cc2ncc[nH]2)C1C(=O)O.